The minimum absolute atomic E-state index is 0.304. The van der Waals surface area contributed by atoms with Gasteiger partial charge in [0.05, 0.1) is 5.69 Å². The fourth-order valence-electron chi connectivity index (χ4n) is 1.92. The molecular formula is C12H17FN2S. The molecular weight excluding hydrogens is 223 g/mol. The Morgan fingerprint density at radius 1 is 1.31 bits per heavy atom. The highest BCUT2D eigenvalue weighted by atomic mass is 32.2. The van der Waals surface area contributed by atoms with Crippen LogP contribution in [-0.2, 0) is 6.54 Å². The van der Waals surface area contributed by atoms with Gasteiger partial charge in [-0.2, -0.15) is 11.8 Å². The number of nitrogens with zero attached hydrogens (tertiary/aromatic N) is 1. The number of thioether (sulfide) groups is 1. The Bertz CT molecular complexity index is 349. The second-order valence-corrected chi connectivity index (χ2v) is 5.28. The Balaban J connectivity index is 2.04. The molecule has 1 aromatic carbocycles. The number of hydrogen-bond donors (Lipinski definition) is 1. The smallest absolute Gasteiger partial charge is 0.146 e. The van der Waals surface area contributed by atoms with E-state index < -0.39 is 0 Å². The van der Waals surface area contributed by atoms with Crippen LogP contribution in [0.25, 0.3) is 0 Å². The molecule has 0 unspecified atom stereocenters. The first-order valence-corrected chi connectivity index (χ1v) is 6.76. The maximum atomic E-state index is 13.3. The van der Waals surface area contributed by atoms with Crippen LogP contribution in [0.5, 0.6) is 0 Å². The lowest BCUT2D eigenvalue weighted by molar-refractivity contribution is 0.287. The van der Waals surface area contributed by atoms with E-state index in [2.05, 4.69) is 4.90 Å². The van der Waals surface area contributed by atoms with Gasteiger partial charge in [0.2, 0.25) is 0 Å². The van der Waals surface area contributed by atoms with Crippen LogP contribution in [0.15, 0.2) is 18.2 Å². The average molecular weight is 240 g/mol. The molecule has 16 heavy (non-hydrogen) atoms. The van der Waals surface area contributed by atoms with Crippen LogP contribution in [0.2, 0.25) is 0 Å². The molecule has 1 aliphatic heterocycles. The quantitative estimate of drug-likeness (QED) is 0.805. The number of anilines is 1. The third kappa shape index (κ3) is 2.89. The van der Waals surface area contributed by atoms with E-state index in [0.29, 0.717) is 5.69 Å². The Hall–Kier alpha value is -0.740. The third-order valence-corrected chi connectivity index (χ3v) is 3.90. The highest BCUT2D eigenvalue weighted by Gasteiger charge is 2.12. The number of para-hydroxylation sites is 1. The summed E-state index contributed by atoms with van der Waals surface area (Å²) < 4.78 is 13.3. The summed E-state index contributed by atoms with van der Waals surface area (Å²) >= 11 is 1.99. The van der Waals surface area contributed by atoms with E-state index in [9.17, 15) is 4.39 Å². The first kappa shape index (κ1) is 11.7. The molecule has 0 saturated carbocycles. The topological polar surface area (TPSA) is 29.3 Å². The Kier molecular flexibility index (Phi) is 4.07. The van der Waals surface area contributed by atoms with E-state index in [1.54, 1.807) is 6.07 Å². The minimum Gasteiger partial charge on any atom is -0.396 e. The molecule has 1 fully saturated rings. The lowest BCUT2D eigenvalue weighted by Crippen LogP contribution is -2.26. The fourth-order valence-corrected chi connectivity index (χ4v) is 2.84. The molecule has 2 rings (SSSR count). The first-order chi connectivity index (χ1) is 7.77. The molecule has 2 N–H and O–H groups in total. The molecule has 1 aliphatic rings. The number of rotatable bonds is 2. The zero-order chi connectivity index (χ0) is 11.4. The third-order valence-electron chi connectivity index (χ3n) is 2.85. The van der Waals surface area contributed by atoms with Gasteiger partial charge in [0.1, 0.15) is 5.82 Å². The lowest BCUT2D eigenvalue weighted by Gasteiger charge is -2.20. The van der Waals surface area contributed by atoms with Crippen molar-refractivity contribution in [2.24, 2.45) is 0 Å². The number of nitrogen functional groups attached to an aromatic ring is 1. The Labute approximate surface area is 100 Å². The molecule has 0 spiro atoms. The van der Waals surface area contributed by atoms with Crippen molar-refractivity contribution in [3.05, 3.63) is 29.6 Å². The van der Waals surface area contributed by atoms with Gasteiger partial charge >= 0.3 is 0 Å². The molecule has 1 aromatic rings. The average Bonchev–Trinajstić information content (AvgIpc) is 2.53. The normalized spacial score (nSPS) is 18.3. The summed E-state index contributed by atoms with van der Waals surface area (Å²) in [7, 11) is 0. The molecule has 0 aliphatic carbocycles. The molecule has 0 bridgehead atoms. The molecule has 0 radical (unpaired) electrons. The number of nitrogens with two attached hydrogens (primary N) is 1. The van der Waals surface area contributed by atoms with Crippen molar-refractivity contribution < 1.29 is 4.39 Å². The maximum Gasteiger partial charge on any atom is 0.146 e. The Morgan fingerprint density at radius 3 is 3.06 bits per heavy atom. The molecule has 2 nitrogen and oxygen atoms in total. The fraction of sp³-hybridized carbons (Fsp3) is 0.500. The number of benzene rings is 1. The number of halogens is 1. The molecule has 0 aromatic heterocycles. The maximum absolute atomic E-state index is 13.3. The van der Waals surface area contributed by atoms with Gasteiger partial charge in [-0.1, -0.05) is 12.1 Å². The molecule has 1 heterocycles. The molecule has 1 saturated heterocycles. The van der Waals surface area contributed by atoms with Crippen molar-refractivity contribution in [2.75, 3.05) is 30.3 Å². The molecule has 0 amide bonds. The summed E-state index contributed by atoms with van der Waals surface area (Å²) in [5.41, 5.74) is 6.95. The minimum atomic E-state index is -0.304. The molecule has 88 valence electrons. The summed E-state index contributed by atoms with van der Waals surface area (Å²) in [5, 5.41) is 0. The van der Waals surface area contributed by atoms with Gasteiger partial charge in [-0.05, 0) is 30.3 Å². The SMILES string of the molecule is Nc1c(F)cccc1CN1CCCSCC1. The summed E-state index contributed by atoms with van der Waals surface area (Å²) in [5.74, 6) is 2.09. The van der Waals surface area contributed by atoms with E-state index in [-0.39, 0.29) is 5.82 Å². The van der Waals surface area contributed by atoms with Gasteiger partial charge in [-0.15, -0.1) is 0 Å². The standard InChI is InChI=1S/C12H17FN2S/c13-11-4-1-3-10(12(11)14)9-15-5-2-7-16-8-6-15/h1,3-4H,2,5-9,14H2. The van der Waals surface area contributed by atoms with Crippen LogP contribution in [0, 0.1) is 5.82 Å². The van der Waals surface area contributed by atoms with E-state index in [4.69, 9.17) is 5.73 Å². The van der Waals surface area contributed by atoms with Crippen molar-refractivity contribution in [2.45, 2.75) is 13.0 Å². The van der Waals surface area contributed by atoms with E-state index >= 15 is 0 Å². The van der Waals surface area contributed by atoms with Crippen LogP contribution in [0.3, 0.4) is 0 Å². The van der Waals surface area contributed by atoms with Crippen molar-refractivity contribution in [1.82, 2.24) is 4.90 Å². The predicted molar refractivity (Wildman–Crippen MR) is 68.0 cm³/mol. The zero-order valence-electron chi connectivity index (χ0n) is 9.29. The van der Waals surface area contributed by atoms with Gasteiger partial charge in [0, 0.05) is 18.8 Å². The first-order valence-electron chi connectivity index (χ1n) is 5.60. The van der Waals surface area contributed by atoms with Crippen molar-refractivity contribution in [3.8, 4) is 0 Å². The summed E-state index contributed by atoms with van der Waals surface area (Å²) in [6, 6.07) is 5.06. The predicted octanol–water partition coefficient (Wildman–Crippen LogP) is 2.35. The highest BCUT2D eigenvalue weighted by molar-refractivity contribution is 7.99. The number of hydrogen-bond acceptors (Lipinski definition) is 3. The van der Waals surface area contributed by atoms with Crippen LogP contribution in [-0.4, -0.2) is 29.5 Å². The Morgan fingerprint density at radius 2 is 2.19 bits per heavy atom. The van der Waals surface area contributed by atoms with Crippen molar-refractivity contribution >= 4 is 17.4 Å². The van der Waals surface area contributed by atoms with Crippen LogP contribution >= 0.6 is 11.8 Å². The van der Waals surface area contributed by atoms with Crippen LogP contribution < -0.4 is 5.73 Å². The van der Waals surface area contributed by atoms with Gasteiger partial charge in [-0.25, -0.2) is 4.39 Å². The van der Waals surface area contributed by atoms with Crippen molar-refractivity contribution in [1.29, 1.82) is 0 Å². The summed E-state index contributed by atoms with van der Waals surface area (Å²) in [6.45, 7) is 2.92. The largest absolute Gasteiger partial charge is 0.396 e. The second-order valence-electron chi connectivity index (χ2n) is 4.05. The van der Waals surface area contributed by atoms with Gasteiger partial charge in [-0.3, -0.25) is 4.90 Å². The zero-order valence-corrected chi connectivity index (χ0v) is 10.1. The lowest BCUT2D eigenvalue weighted by atomic mass is 10.1. The van der Waals surface area contributed by atoms with Gasteiger partial charge in [0.25, 0.3) is 0 Å². The van der Waals surface area contributed by atoms with E-state index in [1.807, 2.05) is 17.8 Å². The van der Waals surface area contributed by atoms with Gasteiger partial charge in [0.15, 0.2) is 0 Å². The highest BCUT2D eigenvalue weighted by Crippen LogP contribution is 2.19. The monoisotopic (exact) mass is 240 g/mol. The molecule has 0 atom stereocenters. The van der Waals surface area contributed by atoms with Crippen molar-refractivity contribution in [3.63, 3.8) is 0 Å². The van der Waals surface area contributed by atoms with Crippen LogP contribution in [0.4, 0.5) is 10.1 Å². The van der Waals surface area contributed by atoms with Crippen LogP contribution in [0.1, 0.15) is 12.0 Å². The van der Waals surface area contributed by atoms with Gasteiger partial charge < -0.3 is 5.73 Å². The molecule has 4 heteroatoms. The second kappa shape index (κ2) is 5.55. The summed E-state index contributed by atoms with van der Waals surface area (Å²) in [4.78, 5) is 2.35. The summed E-state index contributed by atoms with van der Waals surface area (Å²) in [6.07, 6.45) is 1.21. The van der Waals surface area contributed by atoms with E-state index in [1.165, 1.54) is 18.2 Å². The van der Waals surface area contributed by atoms with E-state index in [0.717, 1.165) is 31.0 Å².